The van der Waals surface area contributed by atoms with Gasteiger partial charge in [-0.05, 0) is 49.2 Å². The van der Waals surface area contributed by atoms with Crippen molar-refractivity contribution in [3.8, 4) is 0 Å². The first-order valence-corrected chi connectivity index (χ1v) is 9.26. The van der Waals surface area contributed by atoms with Crippen LogP contribution < -0.4 is 10.0 Å². The van der Waals surface area contributed by atoms with E-state index in [4.69, 9.17) is 11.6 Å². The Morgan fingerprint density at radius 3 is 2.33 bits per heavy atom. The minimum Gasteiger partial charge on any atom is -0.326 e. The Balaban J connectivity index is 1.92. The lowest BCUT2D eigenvalue weighted by Gasteiger charge is -2.09. The average molecular weight is 367 g/mol. The van der Waals surface area contributed by atoms with Crippen LogP contribution in [0, 0.1) is 13.8 Å². The molecule has 0 aromatic heterocycles. The first kappa shape index (κ1) is 18.4. The molecule has 0 aliphatic heterocycles. The number of sulfonamides is 1. The second kappa shape index (κ2) is 7.79. The summed E-state index contributed by atoms with van der Waals surface area (Å²) in [5.41, 5.74) is 2.79. The van der Waals surface area contributed by atoms with Crippen LogP contribution in [-0.2, 0) is 14.8 Å². The van der Waals surface area contributed by atoms with Gasteiger partial charge in [-0.25, -0.2) is 13.1 Å². The van der Waals surface area contributed by atoms with Crippen LogP contribution >= 0.6 is 11.6 Å². The molecule has 2 N–H and O–H groups in total. The van der Waals surface area contributed by atoms with Gasteiger partial charge < -0.3 is 5.32 Å². The first-order valence-electron chi connectivity index (χ1n) is 7.40. The molecule has 0 aliphatic carbocycles. The molecule has 2 aromatic rings. The zero-order valence-corrected chi connectivity index (χ0v) is 15.0. The minimum atomic E-state index is -3.73. The average Bonchev–Trinajstić information content (AvgIpc) is 2.46. The molecule has 0 spiro atoms. The standard InChI is InChI=1S/C17H19ClN2O3S/c1-12-9-13(2)11-14(10-12)20-17(21)7-8-19-24(22,23)16-6-4-3-5-15(16)18/h3-6,9-11,19H,7-8H2,1-2H3,(H,20,21). The molecule has 2 aromatic carbocycles. The Hall–Kier alpha value is -1.89. The van der Waals surface area contributed by atoms with E-state index in [-0.39, 0.29) is 28.8 Å². The number of hydrogen-bond donors (Lipinski definition) is 2. The van der Waals surface area contributed by atoms with Crippen molar-refractivity contribution < 1.29 is 13.2 Å². The van der Waals surface area contributed by atoms with E-state index in [0.717, 1.165) is 11.1 Å². The SMILES string of the molecule is Cc1cc(C)cc(NC(=O)CCNS(=O)(=O)c2ccccc2Cl)c1. The third-order valence-electron chi connectivity index (χ3n) is 3.28. The van der Waals surface area contributed by atoms with Crippen molar-refractivity contribution in [1.82, 2.24) is 4.72 Å². The van der Waals surface area contributed by atoms with Crippen LogP contribution in [0.4, 0.5) is 5.69 Å². The number of halogens is 1. The van der Waals surface area contributed by atoms with Crippen molar-refractivity contribution >= 4 is 33.2 Å². The summed E-state index contributed by atoms with van der Waals surface area (Å²) in [7, 11) is -3.73. The lowest BCUT2D eigenvalue weighted by molar-refractivity contribution is -0.116. The van der Waals surface area contributed by atoms with E-state index < -0.39 is 10.0 Å². The molecule has 1 amide bonds. The van der Waals surface area contributed by atoms with Gasteiger partial charge in [0.25, 0.3) is 0 Å². The number of hydrogen-bond acceptors (Lipinski definition) is 3. The maximum absolute atomic E-state index is 12.2. The number of aryl methyl sites for hydroxylation is 2. The molecule has 128 valence electrons. The first-order chi connectivity index (χ1) is 11.3. The molecule has 0 fully saturated rings. The Morgan fingerprint density at radius 2 is 1.71 bits per heavy atom. The van der Waals surface area contributed by atoms with Gasteiger partial charge in [0.1, 0.15) is 4.90 Å². The van der Waals surface area contributed by atoms with Gasteiger partial charge in [-0.1, -0.05) is 29.8 Å². The van der Waals surface area contributed by atoms with Crippen molar-refractivity contribution in [1.29, 1.82) is 0 Å². The molecule has 0 aliphatic rings. The van der Waals surface area contributed by atoms with Gasteiger partial charge in [-0.15, -0.1) is 0 Å². The van der Waals surface area contributed by atoms with Crippen LogP contribution in [-0.4, -0.2) is 20.9 Å². The van der Waals surface area contributed by atoms with E-state index in [1.165, 1.54) is 12.1 Å². The summed E-state index contributed by atoms with van der Waals surface area (Å²) in [6.07, 6.45) is 0.0245. The van der Waals surface area contributed by atoms with Gasteiger partial charge in [0.05, 0.1) is 5.02 Å². The number of carbonyl (C=O) groups is 1. The maximum atomic E-state index is 12.2. The summed E-state index contributed by atoms with van der Waals surface area (Å²) in [6, 6.07) is 11.9. The van der Waals surface area contributed by atoms with Crippen molar-refractivity contribution in [2.75, 3.05) is 11.9 Å². The van der Waals surface area contributed by atoms with Crippen LogP contribution in [0.25, 0.3) is 0 Å². The Labute approximate surface area is 147 Å². The van der Waals surface area contributed by atoms with E-state index >= 15 is 0 Å². The molecule has 2 rings (SSSR count). The van der Waals surface area contributed by atoms with Crippen LogP contribution in [0.15, 0.2) is 47.4 Å². The number of benzene rings is 2. The van der Waals surface area contributed by atoms with Crippen LogP contribution in [0.2, 0.25) is 5.02 Å². The van der Waals surface area contributed by atoms with Crippen molar-refractivity contribution in [2.45, 2.75) is 25.2 Å². The summed E-state index contributed by atoms with van der Waals surface area (Å²) in [5.74, 6) is -0.262. The van der Waals surface area contributed by atoms with E-state index in [2.05, 4.69) is 10.0 Å². The van der Waals surface area contributed by atoms with E-state index in [1.807, 2.05) is 32.0 Å². The molecule has 0 unspecified atom stereocenters. The second-order valence-corrected chi connectivity index (χ2v) is 7.65. The molecule has 0 atom stereocenters. The summed E-state index contributed by atoms with van der Waals surface area (Å²) in [5, 5.41) is 2.90. The number of amides is 1. The lowest BCUT2D eigenvalue weighted by atomic mass is 10.1. The highest BCUT2D eigenvalue weighted by Gasteiger charge is 2.17. The highest BCUT2D eigenvalue weighted by molar-refractivity contribution is 7.89. The molecular formula is C17H19ClN2O3S. The van der Waals surface area contributed by atoms with E-state index in [0.29, 0.717) is 5.69 Å². The van der Waals surface area contributed by atoms with Crippen LogP contribution in [0.3, 0.4) is 0 Å². The largest absolute Gasteiger partial charge is 0.326 e. The lowest BCUT2D eigenvalue weighted by Crippen LogP contribution is -2.28. The minimum absolute atomic E-state index is 0.00128. The fourth-order valence-corrected chi connectivity index (χ4v) is 3.86. The van der Waals surface area contributed by atoms with E-state index in [9.17, 15) is 13.2 Å². The Bertz CT molecular complexity index is 830. The number of carbonyl (C=O) groups excluding carboxylic acids is 1. The third-order valence-corrected chi connectivity index (χ3v) is 5.24. The van der Waals surface area contributed by atoms with Gasteiger partial charge in [-0.2, -0.15) is 0 Å². The topological polar surface area (TPSA) is 75.3 Å². The predicted molar refractivity (Wildman–Crippen MR) is 95.8 cm³/mol. The summed E-state index contributed by atoms with van der Waals surface area (Å²) >= 11 is 5.89. The summed E-state index contributed by atoms with van der Waals surface area (Å²) in [6.45, 7) is 3.88. The van der Waals surface area contributed by atoms with Crippen molar-refractivity contribution in [2.24, 2.45) is 0 Å². The van der Waals surface area contributed by atoms with Gasteiger partial charge in [0.2, 0.25) is 15.9 Å². The molecule has 0 saturated carbocycles. The van der Waals surface area contributed by atoms with Crippen molar-refractivity contribution in [3.05, 3.63) is 58.6 Å². The van der Waals surface area contributed by atoms with Gasteiger partial charge in [0, 0.05) is 18.7 Å². The third kappa shape index (κ3) is 5.06. The van der Waals surface area contributed by atoms with Crippen LogP contribution in [0.5, 0.6) is 0 Å². The maximum Gasteiger partial charge on any atom is 0.242 e. The smallest absolute Gasteiger partial charge is 0.242 e. The van der Waals surface area contributed by atoms with E-state index in [1.54, 1.807) is 12.1 Å². The van der Waals surface area contributed by atoms with Gasteiger partial charge in [0.15, 0.2) is 0 Å². The second-order valence-electron chi connectivity index (χ2n) is 5.50. The molecule has 0 heterocycles. The summed E-state index contributed by atoms with van der Waals surface area (Å²) in [4.78, 5) is 12.0. The zero-order chi connectivity index (χ0) is 17.7. The number of rotatable bonds is 6. The monoisotopic (exact) mass is 366 g/mol. The predicted octanol–water partition coefficient (Wildman–Crippen LogP) is 3.26. The Morgan fingerprint density at radius 1 is 1.08 bits per heavy atom. The molecule has 24 heavy (non-hydrogen) atoms. The highest BCUT2D eigenvalue weighted by atomic mass is 35.5. The van der Waals surface area contributed by atoms with Crippen molar-refractivity contribution in [3.63, 3.8) is 0 Å². The fraction of sp³-hybridized carbons (Fsp3) is 0.235. The highest BCUT2D eigenvalue weighted by Crippen LogP contribution is 2.20. The number of anilines is 1. The molecule has 0 radical (unpaired) electrons. The molecule has 5 nitrogen and oxygen atoms in total. The summed E-state index contributed by atoms with van der Waals surface area (Å²) < 4.78 is 26.7. The molecule has 0 bridgehead atoms. The van der Waals surface area contributed by atoms with Crippen LogP contribution in [0.1, 0.15) is 17.5 Å². The van der Waals surface area contributed by atoms with Gasteiger partial charge in [-0.3, -0.25) is 4.79 Å². The number of nitrogens with one attached hydrogen (secondary N) is 2. The molecule has 7 heteroatoms. The normalized spacial score (nSPS) is 11.3. The molecule has 0 saturated heterocycles. The molecular weight excluding hydrogens is 348 g/mol. The zero-order valence-electron chi connectivity index (χ0n) is 13.5. The fourth-order valence-electron chi connectivity index (χ4n) is 2.31. The van der Waals surface area contributed by atoms with Gasteiger partial charge >= 0.3 is 0 Å². The quantitative estimate of drug-likeness (QED) is 0.823. The Kier molecular flexibility index (Phi) is 5.99.